The van der Waals surface area contributed by atoms with Crippen LogP contribution < -0.4 is 4.74 Å². The van der Waals surface area contributed by atoms with Crippen molar-refractivity contribution >= 4 is 27.2 Å². The van der Waals surface area contributed by atoms with Gasteiger partial charge in [0.2, 0.25) is 5.88 Å². The normalized spacial score (nSPS) is 15.1. The molecular formula is C19H20N4O4S. The molecule has 0 N–H and O–H groups in total. The van der Waals surface area contributed by atoms with E-state index in [0.717, 1.165) is 28.9 Å². The largest absolute Gasteiger partial charge is 0.438 e. The van der Waals surface area contributed by atoms with Gasteiger partial charge >= 0.3 is 0 Å². The molecule has 0 radical (unpaired) electrons. The molecule has 3 aromatic rings. The fourth-order valence-electron chi connectivity index (χ4n) is 3.11. The van der Waals surface area contributed by atoms with Gasteiger partial charge in [-0.3, -0.25) is 15.0 Å². The highest BCUT2D eigenvalue weighted by molar-refractivity contribution is 7.18. The Kier molecular flexibility index (Phi) is 5.21. The molecule has 0 spiro atoms. The van der Waals surface area contributed by atoms with Crippen molar-refractivity contribution < 1.29 is 14.4 Å². The molecule has 0 saturated carbocycles. The second kappa shape index (κ2) is 7.78. The highest BCUT2D eigenvalue weighted by Gasteiger charge is 2.19. The maximum atomic E-state index is 10.9. The standard InChI is InChI=1S/C19H20N4O4S/c1-12-13(2)28-19-17(12)18(27-15-5-3-14(4-6-15)23(24)25)20-16(21-19)11-22-7-9-26-10-8-22/h3-6H,7-11H2,1-2H3. The Bertz CT molecular complexity index is 1010. The zero-order chi connectivity index (χ0) is 19.7. The molecule has 0 aliphatic carbocycles. The molecule has 0 bridgehead atoms. The number of morpholine rings is 1. The number of nitrogens with zero attached hydrogens (tertiary/aromatic N) is 4. The zero-order valence-electron chi connectivity index (χ0n) is 15.7. The summed E-state index contributed by atoms with van der Waals surface area (Å²) in [5.74, 6) is 1.70. The van der Waals surface area contributed by atoms with E-state index in [2.05, 4.69) is 16.8 Å². The predicted molar refractivity (Wildman–Crippen MR) is 106 cm³/mol. The van der Waals surface area contributed by atoms with Crippen LogP contribution >= 0.6 is 11.3 Å². The lowest BCUT2D eigenvalue weighted by Crippen LogP contribution is -2.36. The SMILES string of the molecule is Cc1sc2nc(CN3CCOCC3)nc(Oc3ccc([N+](=O)[O-])cc3)c2c1C. The molecule has 0 unspecified atom stereocenters. The Balaban J connectivity index is 1.68. The summed E-state index contributed by atoms with van der Waals surface area (Å²) >= 11 is 1.62. The van der Waals surface area contributed by atoms with E-state index in [9.17, 15) is 10.1 Å². The van der Waals surface area contributed by atoms with Gasteiger partial charge in [-0.1, -0.05) is 0 Å². The van der Waals surface area contributed by atoms with Gasteiger partial charge in [-0.05, 0) is 31.5 Å². The number of benzene rings is 1. The molecule has 4 rings (SSSR count). The van der Waals surface area contributed by atoms with Crippen LogP contribution in [0.1, 0.15) is 16.3 Å². The van der Waals surface area contributed by atoms with Crippen molar-refractivity contribution in [3.05, 3.63) is 50.6 Å². The third kappa shape index (κ3) is 3.82. The van der Waals surface area contributed by atoms with E-state index in [1.165, 1.54) is 17.0 Å². The second-order valence-electron chi connectivity index (χ2n) is 6.65. The zero-order valence-corrected chi connectivity index (χ0v) is 16.5. The van der Waals surface area contributed by atoms with Crippen LogP contribution in [0.4, 0.5) is 5.69 Å². The highest BCUT2D eigenvalue weighted by Crippen LogP contribution is 2.36. The van der Waals surface area contributed by atoms with E-state index < -0.39 is 4.92 Å². The molecule has 146 valence electrons. The average Bonchev–Trinajstić information content (AvgIpc) is 2.97. The summed E-state index contributed by atoms with van der Waals surface area (Å²) in [5.41, 5.74) is 1.12. The Hall–Kier alpha value is -2.62. The van der Waals surface area contributed by atoms with Gasteiger partial charge in [0.1, 0.15) is 16.4 Å². The van der Waals surface area contributed by atoms with Crippen LogP contribution in [0.25, 0.3) is 10.2 Å². The summed E-state index contributed by atoms with van der Waals surface area (Å²) in [6.45, 7) is 7.84. The monoisotopic (exact) mass is 400 g/mol. The topological polar surface area (TPSA) is 90.6 Å². The maximum absolute atomic E-state index is 10.9. The van der Waals surface area contributed by atoms with Crippen molar-refractivity contribution in [1.82, 2.24) is 14.9 Å². The van der Waals surface area contributed by atoms with E-state index in [4.69, 9.17) is 14.5 Å². The number of hydrogen-bond donors (Lipinski definition) is 0. The number of nitro benzene ring substituents is 1. The van der Waals surface area contributed by atoms with Crippen molar-refractivity contribution in [2.24, 2.45) is 0 Å². The minimum Gasteiger partial charge on any atom is -0.438 e. The van der Waals surface area contributed by atoms with Gasteiger partial charge in [-0.25, -0.2) is 4.98 Å². The van der Waals surface area contributed by atoms with Crippen molar-refractivity contribution in [3.8, 4) is 11.6 Å². The molecule has 0 amide bonds. The number of aryl methyl sites for hydroxylation is 2. The molecule has 28 heavy (non-hydrogen) atoms. The summed E-state index contributed by atoms with van der Waals surface area (Å²) in [4.78, 5) is 24.2. The second-order valence-corrected chi connectivity index (χ2v) is 7.85. The minimum atomic E-state index is -0.431. The lowest BCUT2D eigenvalue weighted by atomic mass is 10.2. The summed E-state index contributed by atoms with van der Waals surface area (Å²) in [7, 11) is 0. The molecule has 1 aromatic carbocycles. The molecular weight excluding hydrogens is 380 g/mol. The number of aromatic nitrogens is 2. The van der Waals surface area contributed by atoms with E-state index in [0.29, 0.717) is 37.2 Å². The number of non-ortho nitro benzene ring substituents is 1. The van der Waals surface area contributed by atoms with Crippen molar-refractivity contribution in [2.75, 3.05) is 26.3 Å². The van der Waals surface area contributed by atoms with Gasteiger partial charge < -0.3 is 9.47 Å². The van der Waals surface area contributed by atoms with Gasteiger partial charge in [0, 0.05) is 30.1 Å². The van der Waals surface area contributed by atoms with E-state index in [1.807, 2.05) is 6.92 Å². The summed E-state index contributed by atoms with van der Waals surface area (Å²) in [6, 6.07) is 6.02. The van der Waals surface area contributed by atoms with Crippen LogP contribution in [0.5, 0.6) is 11.6 Å². The fourth-order valence-corrected chi connectivity index (χ4v) is 4.14. The van der Waals surface area contributed by atoms with Gasteiger partial charge in [-0.2, -0.15) is 4.98 Å². The van der Waals surface area contributed by atoms with Crippen LogP contribution in [0.15, 0.2) is 24.3 Å². The van der Waals surface area contributed by atoms with Crippen molar-refractivity contribution in [1.29, 1.82) is 0 Å². The van der Waals surface area contributed by atoms with Crippen LogP contribution in [0.3, 0.4) is 0 Å². The number of fused-ring (bicyclic) bond motifs is 1. The number of rotatable bonds is 5. The summed E-state index contributed by atoms with van der Waals surface area (Å²) in [5, 5.41) is 11.8. The Morgan fingerprint density at radius 3 is 2.61 bits per heavy atom. The van der Waals surface area contributed by atoms with E-state index >= 15 is 0 Å². The highest BCUT2D eigenvalue weighted by atomic mass is 32.1. The minimum absolute atomic E-state index is 0.0238. The van der Waals surface area contributed by atoms with Gasteiger partial charge in [0.05, 0.1) is 30.1 Å². The molecule has 1 aliphatic heterocycles. The van der Waals surface area contributed by atoms with Gasteiger partial charge in [-0.15, -0.1) is 11.3 Å². The predicted octanol–water partition coefficient (Wildman–Crippen LogP) is 3.84. The van der Waals surface area contributed by atoms with Gasteiger partial charge in [0.15, 0.2) is 0 Å². The molecule has 1 saturated heterocycles. The smallest absolute Gasteiger partial charge is 0.269 e. The Morgan fingerprint density at radius 2 is 1.93 bits per heavy atom. The van der Waals surface area contributed by atoms with Crippen molar-refractivity contribution in [3.63, 3.8) is 0 Å². The molecule has 2 aromatic heterocycles. The van der Waals surface area contributed by atoms with Crippen LogP contribution in [0.2, 0.25) is 0 Å². The molecule has 0 atom stereocenters. The van der Waals surface area contributed by atoms with Crippen molar-refractivity contribution in [2.45, 2.75) is 20.4 Å². The third-order valence-corrected chi connectivity index (χ3v) is 5.87. The first-order chi connectivity index (χ1) is 13.5. The molecule has 1 aliphatic rings. The van der Waals surface area contributed by atoms with Crippen LogP contribution in [0, 0.1) is 24.0 Å². The number of nitro groups is 1. The first kappa shape index (κ1) is 18.7. The molecule has 9 heteroatoms. The fraction of sp³-hybridized carbons (Fsp3) is 0.368. The van der Waals surface area contributed by atoms with E-state index in [-0.39, 0.29) is 5.69 Å². The van der Waals surface area contributed by atoms with E-state index in [1.54, 1.807) is 23.5 Å². The number of thiophene rings is 1. The molecule has 1 fully saturated rings. The lowest BCUT2D eigenvalue weighted by molar-refractivity contribution is -0.384. The average molecular weight is 400 g/mol. The molecule has 3 heterocycles. The lowest BCUT2D eigenvalue weighted by Gasteiger charge is -2.25. The Morgan fingerprint density at radius 1 is 1.21 bits per heavy atom. The first-order valence-electron chi connectivity index (χ1n) is 9.00. The number of hydrogen-bond acceptors (Lipinski definition) is 8. The summed E-state index contributed by atoms with van der Waals surface area (Å²) in [6.07, 6.45) is 0. The van der Waals surface area contributed by atoms with Crippen LogP contribution in [-0.2, 0) is 11.3 Å². The van der Waals surface area contributed by atoms with Gasteiger partial charge in [0.25, 0.3) is 5.69 Å². The summed E-state index contributed by atoms with van der Waals surface area (Å²) < 4.78 is 11.4. The third-order valence-electron chi connectivity index (χ3n) is 4.77. The van der Waals surface area contributed by atoms with Crippen LogP contribution in [-0.4, -0.2) is 46.1 Å². The quantitative estimate of drug-likeness (QED) is 0.475. The molecule has 8 nitrogen and oxygen atoms in total. The first-order valence-corrected chi connectivity index (χ1v) is 9.82. The maximum Gasteiger partial charge on any atom is 0.269 e. The Labute approximate surface area is 165 Å². The number of ether oxygens (including phenoxy) is 2.